The van der Waals surface area contributed by atoms with E-state index >= 15 is 0 Å². The third kappa shape index (κ3) is 6.37. The number of aromatic nitrogens is 2. The molecule has 11 heteroatoms. The molecule has 2 amide bonds. The van der Waals surface area contributed by atoms with Crippen molar-refractivity contribution in [2.75, 3.05) is 48.3 Å². The van der Waals surface area contributed by atoms with Crippen LogP contribution in [0.5, 0.6) is 0 Å². The molecule has 0 spiro atoms. The van der Waals surface area contributed by atoms with Gasteiger partial charge in [-0.1, -0.05) is 18.6 Å². The summed E-state index contributed by atoms with van der Waals surface area (Å²) < 4.78 is 40.4. The fourth-order valence-electron chi connectivity index (χ4n) is 5.68. The fraction of sp³-hybridized carbons (Fsp3) is 0.333. The predicted octanol–water partition coefficient (Wildman–Crippen LogP) is 6.51. The number of nitrogens with one attached hydrogen (secondary N) is 2. The number of piperidine rings is 1. The quantitative estimate of drug-likeness (QED) is 0.224. The number of hydrogen-bond donors (Lipinski definition) is 2. The van der Waals surface area contributed by atoms with Gasteiger partial charge in [0.05, 0.1) is 22.5 Å². The number of carbonyl (C=O) groups excluding carboxylic acids is 2. The largest absolute Gasteiger partial charge is 0.416 e. The smallest absolute Gasteiger partial charge is 0.353 e. The van der Waals surface area contributed by atoms with Crippen LogP contribution in [0.3, 0.4) is 0 Å². The van der Waals surface area contributed by atoms with Crippen LogP contribution in [0.1, 0.15) is 47.2 Å². The molecule has 0 atom stereocenters. The molecule has 2 aliphatic rings. The molecule has 0 saturated carbocycles. The zero-order valence-corrected chi connectivity index (χ0v) is 24.4. The van der Waals surface area contributed by atoms with E-state index in [0.717, 1.165) is 65.9 Å². The maximum Gasteiger partial charge on any atom is 0.416 e. The van der Waals surface area contributed by atoms with E-state index in [2.05, 4.69) is 25.5 Å². The second-order valence-corrected chi connectivity index (χ2v) is 11.3. The van der Waals surface area contributed by atoms with Crippen LogP contribution in [0.2, 0.25) is 0 Å². The Morgan fingerprint density at radius 1 is 0.977 bits per heavy atom. The summed E-state index contributed by atoms with van der Waals surface area (Å²) in [5, 5.41) is 6.78. The van der Waals surface area contributed by atoms with E-state index in [1.165, 1.54) is 30.2 Å². The summed E-state index contributed by atoms with van der Waals surface area (Å²) in [5.74, 6) is -0.214. The van der Waals surface area contributed by atoms with Gasteiger partial charge < -0.3 is 20.4 Å². The molecule has 1 aromatic heterocycles. The highest BCUT2D eigenvalue weighted by molar-refractivity contribution is 6.09. The molecule has 0 radical (unpaired) electrons. The SMILES string of the molecule is Cc1ccc(C(=O)Nc2cc(C(F)(F)F)ccc2N2CCC2=O)cc1-c1ccc2nc(NCCN3CCCCC3)ncc2c1. The van der Waals surface area contributed by atoms with Crippen molar-refractivity contribution in [1.82, 2.24) is 14.9 Å². The number of carbonyl (C=O) groups is 2. The number of amides is 2. The Bertz CT molecular complexity index is 1720. The first kappa shape index (κ1) is 29.6. The van der Waals surface area contributed by atoms with Crippen LogP contribution in [-0.4, -0.2) is 59.4 Å². The molecular formula is C33H33F3N6O2. The van der Waals surface area contributed by atoms with E-state index in [9.17, 15) is 22.8 Å². The average Bonchev–Trinajstić information content (AvgIpc) is 3.01. The maximum absolute atomic E-state index is 13.5. The number of β-lactam (4-membered cyclic amide) rings is 1. The van der Waals surface area contributed by atoms with Gasteiger partial charge in [0.15, 0.2) is 0 Å². The molecule has 3 heterocycles. The minimum absolute atomic E-state index is 0.0665. The van der Waals surface area contributed by atoms with Gasteiger partial charge >= 0.3 is 6.18 Å². The lowest BCUT2D eigenvalue weighted by atomic mass is 9.96. The Labute approximate surface area is 253 Å². The second kappa shape index (κ2) is 12.2. The molecule has 2 N–H and O–H groups in total. The van der Waals surface area contributed by atoms with Crippen molar-refractivity contribution in [2.45, 2.75) is 38.8 Å². The highest BCUT2D eigenvalue weighted by atomic mass is 19.4. The molecular weight excluding hydrogens is 569 g/mol. The van der Waals surface area contributed by atoms with Crippen molar-refractivity contribution in [3.05, 3.63) is 77.5 Å². The molecule has 3 aromatic carbocycles. The summed E-state index contributed by atoms with van der Waals surface area (Å²) in [6.07, 6.45) is 1.28. The van der Waals surface area contributed by atoms with E-state index in [1.807, 2.05) is 25.1 Å². The molecule has 2 aliphatic heterocycles. The number of likely N-dealkylation sites (tertiary alicyclic amines) is 1. The molecule has 44 heavy (non-hydrogen) atoms. The maximum atomic E-state index is 13.5. The lowest BCUT2D eigenvalue weighted by molar-refractivity contribution is -0.137. The zero-order valence-electron chi connectivity index (χ0n) is 24.4. The standard InChI is InChI=1S/C33H33F3N6O2/c1-21-5-6-23(31(44)39-28-19-25(33(34,35)36)8-10-29(28)42-15-11-30(42)43)18-26(21)22-7-9-27-24(17-22)20-38-32(40-27)37-12-16-41-13-3-2-4-14-41/h5-10,17-20H,2-4,11-16H2,1H3,(H,39,44)(H,37,38,40). The third-order valence-electron chi connectivity index (χ3n) is 8.26. The molecule has 0 aliphatic carbocycles. The average molecular weight is 603 g/mol. The van der Waals surface area contributed by atoms with E-state index < -0.39 is 17.6 Å². The third-order valence-corrected chi connectivity index (χ3v) is 8.26. The molecule has 0 unspecified atom stereocenters. The van der Waals surface area contributed by atoms with E-state index in [0.29, 0.717) is 18.9 Å². The highest BCUT2D eigenvalue weighted by Gasteiger charge is 2.34. The van der Waals surface area contributed by atoms with E-state index in [-0.39, 0.29) is 22.8 Å². The normalized spacial score (nSPS) is 15.7. The number of anilines is 3. The minimum Gasteiger partial charge on any atom is -0.353 e. The minimum atomic E-state index is -4.60. The van der Waals surface area contributed by atoms with Crippen LogP contribution in [0.4, 0.5) is 30.5 Å². The van der Waals surface area contributed by atoms with Crippen molar-refractivity contribution >= 4 is 40.0 Å². The van der Waals surface area contributed by atoms with Gasteiger partial charge in [0.1, 0.15) is 0 Å². The number of aryl methyl sites for hydroxylation is 1. The monoisotopic (exact) mass is 602 g/mol. The summed E-state index contributed by atoms with van der Waals surface area (Å²) in [7, 11) is 0. The lowest BCUT2D eigenvalue weighted by Gasteiger charge is -2.32. The number of fused-ring (bicyclic) bond motifs is 1. The number of rotatable bonds is 8. The van der Waals surface area contributed by atoms with Crippen molar-refractivity contribution < 1.29 is 22.8 Å². The van der Waals surface area contributed by atoms with Crippen molar-refractivity contribution in [2.24, 2.45) is 0 Å². The zero-order chi connectivity index (χ0) is 30.8. The summed E-state index contributed by atoms with van der Waals surface area (Å²) in [4.78, 5) is 38.4. The van der Waals surface area contributed by atoms with Gasteiger partial charge in [0.25, 0.3) is 5.91 Å². The summed E-state index contributed by atoms with van der Waals surface area (Å²) >= 11 is 0. The Morgan fingerprint density at radius 2 is 1.80 bits per heavy atom. The second-order valence-electron chi connectivity index (χ2n) is 11.3. The predicted molar refractivity (Wildman–Crippen MR) is 165 cm³/mol. The van der Waals surface area contributed by atoms with E-state index in [4.69, 9.17) is 0 Å². The number of halogens is 3. The van der Waals surface area contributed by atoms with Crippen LogP contribution in [-0.2, 0) is 11.0 Å². The molecule has 4 aromatic rings. The number of hydrogen-bond acceptors (Lipinski definition) is 6. The van der Waals surface area contributed by atoms with Gasteiger partial charge in [-0.25, -0.2) is 9.97 Å². The molecule has 2 fully saturated rings. The van der Waals surface area contributed by atoms with Crippen molar-refractivity contribution in [3.8, 4) is 11.1 Å². The van der Waals surface area contributed by atoms with Crippen LogP contribution < -0.4 is 15.5 Å². The first-order valence-corrected chi connectivity index (χ1v) is 14.8. The molecule has 0 bridgehead atoms. The molecule has 228 valence electrons. The van der Waals surface area contributed by atoms with Crippen molar-refractivity contribution in [1.29, 1.82) is 0 Å². The number of nitrogens with zero attached hydrogens (tertiary/aromatic N) is 4. The number of benzene rings is 3. The fourth-order valence-corrected chi connectivity index (χ4v) is 5.68. The van der Waals surface area contributed by atoms with Gasteiger partial charge in [0.2, 0.25) is 11.9 Å². The van der Waals surface area contributed by atoms with E-state index in [1.54, 1.807) is 24.4 Å². The van der Waals surface area contributed by atoms with Gasteiger partial charge in [0, 0.05) is 43.2 Å². The number of alkyl halides is 3. The summed E-state index contributed by atoms with van der Waals surface area (Å²) in [6, 6.07) is 13.9. The molecule has 2 saturated heterocycles. The van der Waals surface area contributed by atoms with Crippen LogP contribution in [0.15, 0.2) is 60.8 Å². The van der Waals surface area contributed by atoms with Gasteiger partial charge in [-0.3, -0.25) is 9.59 Å². The van der Waals surface area contributed by atoms with Gasteiger partial charge in [-0.15, -0.1) is 0 Å². The van der Waals surface area contributed by atoms with Gasteiger partial charge in [-0.2, -0.15) is 13.2 Å². The van der Waals surface area contributed by atoms with Gasteiger partial charge in [-0.05, 0) is 92.0 Å². The highest BCUT2D eigenvalue weighted by Crippen LogP contribution is 2.37. The molecule has 6 rings (SSSR count). The Hall–Kier alpha value is -4.51. The van der Waals surface area contributed by atoms with Crippen LogP contribution in [0.25, 0.3) is 22.0 Å². The Kier molecular flexibility index (Phi) is 8.22. The topological polar surface area (TPSA) is 90.5 Å². The van der Waals surface area contributed by atoms with Crippen LogP contribution in [0, 0.1) is 6.92 Å². The van der Waals surface area contributed by atoms with Crippen LogP contribution >= 0.6 is 0 Å². The lowest BCUT2D eigenvalue weighted by Crippen LogP contribution is -2.43. The first-order chi connectivity index (χ1) is 21.2. The Morgan fingerprint density at radius 3 is 2.52 bits per heavy atom. The van der Waals surface area contributed by atoms with Crippen molar-refractivity contribution in [3.63, 3.8) is 0 Å². The summed E-state index contributed by atoms with van der Waals surface area (Å²) in [6.45, 7) is 6.30. The summed E-state index contributed by atoms with van der Waals surface area (Å²) in [5.41, 5.74) is 2.89. The first-order valence-electron chi connectivity index (χ1n) is 14.8. The Balaban J connectivity index is 1.20. The molecule has 8 nitrogen and oxygen atoms in total.